The van der Waals surface area contributed by atoms with E-state index in [0.717, 1.165) is 19.3 Å². The molecule has 5 unspecified atom stereocenters. The van der Waals surface area contributed by atoms with Crippen LogP contribution in [0.5, 0.6) is 0 Å². The van der Waals surface area contributed by atoms with E-state index < -0.39 is 18.3 Å². The van der Waals surface area contributed by atoms with Gasteiger partial charge in [0.05, 0.1) is 24.4 Å². The largest absolute Gasteiger partial charge is 0.393 e. The Morgan fingerprint density at radius 3 is 2.14 bits per heavy atom. The van der Waals surface area contributed by atoms with Crippen LogP contribution in [0.15, 0.2) is 0 Å². The van der Waals surface area contributed by atoms with E-state index in [4.69, 9.17) is 0 Å². The van der Waals surface area contributed by atoms with Crippen molar-refractivity contribution in [3.05, 3.63) is 0 Å². The molecule has 132 valence electrons. The van der Waals surface area contributed by atoms with Crippen molar-refractivity contribution in [2.24, 2.45) is 0 Å². The highest BCUT2D eigenvalue weighted by atomic mass is 16.3. The molecule has 6 N–H and O–H groups in total. The fourth-order valence-electron chi connectivity index (χ4n) is 2.99. The summed E-state index contributed by atoms with van der Waals surface area (Å²) in [5.41, 5.74) is 0. The van der Waals surface area contributed by atoms with Crippen molar-refractivity contribution in [2.75, 3.05) is 13.1 Å². The van der Waals surface area contributed by atoms with E-state index >= 15 is 0 Å². The van der Waals surface area contributed by atoms with Crippen molar-refractivity contribution in [3.63, 3.8) is 0 Å². The van der Waals surface area contributed by atoms with Crippen LogP contribution >= 0.6 is 0 Å². The molecule has 0 aromatic heterocycles. The first-order valence-corrected chi connectivity index (χ1v) is 8.57. The Morgan fingerprint density at radius 1 is 0.909 bits per heavy atom. The Morgan fingerprint density at radius 2 is 1.50 bits per heavy atom. The van der Waals surface area contributed by atoms with Crippen LogP contribution in [0.2, 0.25) is 0 Å². The molecule has 0 aromatic rings. The van der Waals surface area contributed by atoms with Crippen molar-refractivity contribution in [3.8, 4) is 0 Å². The quantitative estimate of drug-likeness (QED) is 0.403. The lowest BCUT2D eigenvalue weighted by Crippen LogP contribution is -2.49. The topological polar surface area (TPSA) is 105 Å². The van der Waals surface area contributed by atoms with Crippen LogP contribution in [0, 0.1) is 0 Å². The van der Waals surface area contributed by atoms with Gasteiger partial charge in [0.25, 0.3) is 0 Å². The lowest BCUT2D eigenvalue weighted by molar-refractivity contribution is 0.0725. The molecule has 0 amide bonds. The zero-order valence-electron chi connectivity index (χ0n) is 13.9. The minimum Gasteiger partial charge on any atom is -0.393 e. The van der Waals surface area contributed by atoms with Crippen LogP contribution < -0.4 is 10.6 Å². The van der Waals surface area contributed by atoms with Crippen LogP contribution in [0.3, 0.4) is 0 Å². The van der Waals surface area contributed by atoms with E-state index in [1.165, 1.54) is 0 Å². The van der Waals surface area contributed by atoms with Crippen molar-refractivity contribution in [1.29, 1.82) is 0 Å². The second kappa shape index (κ2) is 10.5. The van der Waals surface area contributed by atoms with E-state index in [-0.39, 0.29) is 18.2 Å². The number of nitrogens with one attached hydrogen (secondary N) is 2. The average molecular weight is 318 g/mol. The highest BCUT2D eigenvalue weighted by molar-refractivity contribution is 4.85. The number of aliphatic hydroxyl groups is 4. The summed E-state index contributed by atoms with van der Waals surface area (Å²) in [5.74, 6) is 0. The summed E-state index contributed by atoms with van der Waals surface area (Å²) < 4.78 is 0. The summed E-state index contributed by atoms with van der Waals surface area (Å²) in [6.45, 7) is 4.35. The molecule has 6 atom stereocenters. The fourth-order valence-corrected chi connectivity index (χ4v) is 2.99. The molecule has 22 heavy (non-hydrogen) atoms. The maximum Gasteiger partial charge on any atom is 0.0693 e. The highest BCUT2D eigenvalue weighted by Crippen LogP contribution is 2.19. The third-order valence-electron chi connectivity index (χ3n) is 4.22. The van der Waals surface area contributed by atoms with E-state index in [0.29, 0.717) is 32.4 Å². The molecule has 1 rings (SSSR count). The van der Waals surface area contributed by atoms with Gasteiger partial charge in [-0.3, -0.25) is 0 Å². The molecule has 0 aliphatic heterocycles. The first kappa shape index (κ1) is 19.8. The van der Waals surface area contributed by atoms with E-state index in [9.17, 15) is 20.4 Å². The SMILES string of the molecule is CC(O)CNC1CC(NCC(C)O)C(O)CCCC[C@H](O)C1. The van der Waals surface area contributed by atoms with E-state index in [1.807, 2.05) is 0 Å². The molecular formula is C16H34N2O4. The number of hydrogen-bond acceptors (Lipinski definition) is 6. The van der Waals surface area contributed by atoms with Gasteiger partial charge in [-0.25, -0.2) is 0 Å². The Bertz CT molecular complexity index is 289. The third-order valence-corrected chi connectivity index (χ3v) is 4.22. The number of aliphatic hydroxyl groups excluding tert-OH is 4. The molecule has 0 bridgehead atoms. The normalized spacial score (nSPS) is 34.1. The molecule has 0 radical (unpaired) electrons. The Hall–Kier alpha value is -0.240. The van der Waals surface area contributed by atoms with Crippen molar-refractivity contribution in [2.45, 2.75) is 88.9 Å². The zero-order valence-corrected chi connectivity index (χ0v) is 13.9. The summed E-state index contributed by atoms with van der Waals surface area (Å²) in [5, 5.41) is 45.9. The van der Waals surface area contributed by atoms with E-state index in [2.05, 4.69) is 10.6 Å². The number of hydrogen-bond donors (Lipinski definition) is 6. The van der Waals surface area contributed by atoms with Gasteiger partial charge in [-0.1, -0.05) is 12.8 Å². The third kappa shape index (κ3) is 8.41. The molecule has 0 spiro atoms. The Labute approximate surface area is 133 Å². The molecule has 1 saturated carbocycles. The van der Waals surface area contributed by atoms with E-state index in [1.54, 1.807) is 13.8 Å². The monoisotopic (exact) mass is 318 g/mol. The first-order valence-electron chi connectivity index (χ1n) is 8.57. The molecule has 1 aliphatic rings. The summed E-state index contributed by atoms with van der Waals surface area (Å²) in [6.07, 6.45) is 2.84. The summed E-state index contributed by atoms with van der Waals surface area (Å²) in [6, 6.07) is -0.0877. The van der Waals surface area contributed by atoms with Gasteiger partial charge in [0.15, 0.2) is 0 Å². The van der Waals surface area contributed by atoms with Crippen LogP contribution in [-0.4, -0.2) is 70.0 Å². The molecular weight excluding hydrogens is 284 g/mol. The Kier molecular flexibility index (Phi) is 9.47. The number of rotatable bonds is 6. The van der Waals surface area contributed by atoms with Gasteiger partial charge in [0.1, 0.15) is 0 Å². The fraction of sp³-hybridized carbons (Fsp3) is 1.00. The molecule has 0 saturated heterocycles. The van der Waals surface area contributed by atoms with Gasteiger partial charge in [-0.05, 0) is 39.5 Å². The van der Waals surface area contributed by atoms with Gasteiger partial charge in [-0.2, -0.15) is 0 Å². The molecule has 6 heteroatoms. The molecule has 0 aromatic carbocycles. The maximum atomic E-state index is 10.4. The first-order chi connectivity index (χ1) is 10.4. The Balaban J connectivity index is 2.67. The summed E-state index contributed by atoms with van der Waals surface area (Å²) >= 11 is 0. The lowest BCUT2D eigenvalue weighted by Gasteiger charge is -2.32. The van der Waals surface area contributed by atoms with Crippen molar-refractivity contribution in [1.82, 2.24) is 10.6 Å². The minimum absolute atomic E-state index is 0.0313. The second-order valence-electron chi connectivity index (χ2n) is 6.79. The van der Waals surface area contributed by atoms with Crippen molar-refractivity contribution < 1.29 is 20.4 Å². The van der Waals surface area contributed by atoms with Gasteiger partial charge >= 0.3 is 0 Å². The molecule has 1 fully saturated rings. The van der Waals surface area contributed by atoms with Crippen LogP contribution in [0.25, 0.3) is 0 Å². The minimum atomic E-state index is -0.461. The van der Waals surface area contributed by atoms with Crippen molar-refractivity contribution >= 4 is 0 Å². The summed E-state index contributed by atoms with van der Waals surface area (Å²) in [7, 11) is 0. The standard InChI is InChI=1S/C16H34N2O4/c1-11(19)9-17-13-7-14(21)5-3-4-6-16(22)15(8-13)18-10-12(2)20/h11-22H,3-10H2,1-2H3/t11?,12?,13?,14-,15?,16?/m0/s1. The van der Waals surface area contributed by atoms with Gasteiger partial charge in [-0.15, -0.1) is 0 Å². The van der Waals surface area contributed by atoms with Gasteiger partial charge in [0, 0.05) is 25.2 Å². The van der Waals surface area contributed by atoms with Gasteiger partial charge in [0.2, 0.25) is 0 Å². The maximum absolute atomic E-state index is 10.4. The second-order valence-corrected chi connectivity index (χ2v) is 6.79. The lowest BCUT2D eigenvalue weighted by atomic mass is 9.91. The predicted molar refractivity (Wildman–Crippen MR) is 86.7 cm³/mol. The molecule has 6 nitrogen and oxygen atoms in total. The average Bonchev–Trinajstić information content (AvgIpc) is 2.44. The zero-order chi connectivity index (χ0) is 16.5. The predicted octanol–water partition coefficient (Wildman–Crippen LogP) is -0.260. The molecule has 0 heterocycles. The van der Waals surface area contributed by atoms with Crippen LogP contribution in [0.1, 0.15) is 52.4 Å². The van der Waals surface area contributed by atoms with Crippen LogP contribution in [-0.2, 0) is 0 Å². The smallest absolute Gasteiger partial charge is 0.0693 e. The summed E-state index contributed by atoms with van der Waals surface area (Å²) in [4.78, 5) is 0. The molecule has 1 aliphatic carbocycles. The van der Waals surface area contributed by atoms with Crippen LogP contribution in [0.4, 0.5) is 0 Å². The highest BCUT2D eigenvalue weighted by Gasteiger charge is 2.26. The van der Waals surface area contributed by atoms with Gasteiger partial charge < -0.3 is 31.1 Å².